The van der Waals surface area contributed by atoms with Gasteiger partial charge in [-0.1, -0.05) is 48.5 Å². The van der Waals surface area contributed by atoms with Crippen molar-refractivity contribution < 1.29 is 19.8 Å². The zero-order chi connectivity index (χ0) is 18.1. The van der Waals surface area contributed by atoms with Gasteiger partial charge in [0.2, 0.25) is 0 Å². The Morgan fingerprint density at radius 2 is 1.56 bits per heavy atom. The number of hydrogen-bond donors (Lipinski definition) is 3. The molecule has 0 fully saturated rings. The monoisotopic (exact) mass is 336 g/mol. The smallest absolute Gasteiger partial charge is 0.410 e. The van der Waals surface area contributed by atoms with Gasteiger partial charge < -0.3 is 10.2 Å². The summed E-state index contributed by atoms with van der Waals surface area (Å²) in [5, 5.41) is 20.0. The van der Waals surface area contributed by atoms with Gasteiger partial charge in [-0.3, -0.25) is 5.32 Å². The van der Waals surface area contributed by atoms with E-state index >= 15 is 0 Å². The molecule has 2 aromatic carbocycles. The average Bonchev–Trinajstić information content (AvgIpc) is 2.61. The van der Waals surface area contributed by atoms with Crippen molar-refractivity contribution in [2.45, 2.75) is 0 Å². The number of carboxylic acid groups (broad SMARTS) is 2. The third-order valence-corrected chi connectivity index (χ3v) is 3.05. The van der Waals surface area contributed by atoms with E-state index in [1.807, 2.05) is 60.7 Å². The minimum Gasteiger partial charge on any atom is -0.478 e. The van der Waals surface area contributed by atoms with Crippen LogP contribution in [0.5, 0.6) is 0 Å². The summed E-state index contributed by atoms with van der Waals surface area (Å²) < 4.78 is 0. The lowest BCUT2D eigenvalue weighted by atomic mass is 10.2. The minimum atomic E-state index is -1.10. The van der Waals surface area contributed by atoms with E-state index in [4.69, 9.17) is 10.2 Å². The van der Waals surface area contributed by atoms with Crippen LogP contribution in [0.3, 0.4) is 0 Å². The molecule has 1 amide bonds. The number of nitrogens with one attached hydrogen (secondary N) is 1. The van der Waals surface area contributed by atoms with Gasteiger partial charge in [0.1, 0.15) is 5.82 Å². The zero-order valence-electron chi connectivity index (χ0n) is 13.2. The number of aromatic nitrogens is 1. The molecule has 6 nitrogen and oxygen atoms in total. The molecule has 0 aliphatic rings. The van der Waals surface area contributed by atoms with E-state index in [-0.39, 0.29) is 0 Å². The second-order valence-corrected chi connectivity index (χ2v) is 4.90. The SMILES string of the molecule is O=C(O)C=Cc1ccccc1.O=C(O)Nc1ccc2ccccc2n1. The summed E-state index contributed by atoms with van der Waals surface area (Å²) in [5.74, 6) is -0.579. The van der Waals surface area contributed by atoms with Crippen LogP contribution in [-0.4, -0.2) is 27.3 Å². The summed E-state index contributed by atoms with van der Waals surface area (Å²) >= 11 is 0. The van der Waals surface area contributed by atoms with Gasteiger partial charge in [0, 0.05) is 11.5 Å². The van der Waals surface area contributed by atoms with Crippen molar-refractivity contribution in [3.05, 3.63) is 78.4 Å². The number of rotatable bonds is 3. The van der Waals surface area contributed by atoms with Gasteiger partial charge in [-0.05, 0) is 29.8 Å². The first-order valence-corrected chi connectivity index (χ1v) is 7.36. The molecule has 0 spiro atoms. The highest BCUT2D eigenvalue weighted by atomic mass is 16.4. The molecule has 6 heteroatoms. The number of carboxylic acids is 1. The van der Waals surface area contributed by atoms with Crippen LogP contribution in [0.4, 0.5) is 10.6 Å². The Bertz CT molecular complexity index is 892. The third-order valence-electron chi connectivity index (χ3n) is 3.05. The van der Waals surface area contributed by atoms with Gasteiger partial charge in [-0.2, -0.15) is 0 Å². The highest BCUT2D eigenvalue weighted by molar-refractivity contribution is 5.86. The molecule has 3 N–H and O–H groups in total. The van der Waals surface area contributed by atoms with Crippen LogP contribution < -0.4 is 5.32 Å². The Balaban J connectivity index is 0.000000186. The van der Waals surface area contributed by atoms with Gasteiger partial charge in [0.25, 0.3) is 0 Å². The molecule has 1 heterocycles. The molecule has 0 atom stereocenters. The van der Waals surface area contributed by atoms with E-state index < -0.39 is 12.1 Å². The van der Waals surface area contributed by atoms with Crippen molar-refractivity contribution in [1.29, 1.82) is 0 Å². The van der Waals surface area contributed by atoms with E-state index in [9.17, 15) is 9.59 Å². The van der Waals surface area contributed by atoms with Crippen molar-refractivity contribution in [3.8, 4) is 0 Å². The first kappa shape index (κ1) is 17.7. The first-order chi connectivity index (χ1) is 12.0. The number of amides is 1. The minimum absolute atomic E-state index is 0.344. The summed E-state index contributed by atoms with van der Waals surface area (Å²) in [6.07, 6.45) is 1.57. The maximum atomic E-state index is 10.4. The Hall–Kier alpha value is -3.67. The number of aliphatic carboxylic acids is 1. The van der Waals surface area contributed by atoms with E-state index in [1.54, 1.807) is 12.1 Å². The number of anilines is 1. The lowest BCUT2D eigenvalue weighted by Gasteiger charge is -2.01. The molecule has 0 saturated heterocycles. The highest BCUT2D eigenvalue weighted by Crippen LogP contribution is 2.14. The van der Waals surface area contributed by atoms with Crippen molar-refractivity contribution >= 4 is 34.9 Å². The number of fused-ring (bicyclic) bond motifs is 1. The molecule has 0 unspecified atom stereocenters. The summed E-state index contributed by atoms with van der Waals surface area (Å²) in [6.45, 7) is 0. The van der Waals surface area contributed by atoms with Crippen molar-refractivity contribution in [1.82, 2.24) is 4.98 Å². The highest BCUT2D eigenvalue weighted by Gasteiger charge is 1.99. The van der Waals surface area contributed by atoms with Gasteiger partial charge in [0.15, 0.2) is 0 Å². The second kappa shape index (κ2) is 8.83. The fourth-order valence-electron chi connectivity index (χ4n) is 1.98. The molecule has 3 aromatic rings. The van der Waals surface area contributed by atoms with Gasteiger partial charge in [0.05, 0.1) is 5.52 Å². The number of para-hydroxylation sites is 1. The van der Waals surface area contributed by atoms with Crippen molar-refractivity contribution in [2.75, 3.05) is 5.32 Å². The van der Waals surface area contributed by atoms with Crippen LogP contribution in [0.2, 0.25) is 0 Å². The molecule has 25 heavy (non-hydrogen) atoms. The van der Waals surface area contributed by atoms with E-state index in [0.717, 1.165) is 22.5 Å². The predicted molar refractivity (Wildman–Crippen MR) is 96.5 cm³/mol. The van der Waals surface area contributed by atoms with Gasteiger partial charge >= 0.3 is 12.1 Å². The Labute approximate surface area is 144 Å². The molecule has 0 aliphatic carbocycles. The molecular formula is C19H16N2O4. The van der Waals surface area contributed by atoms with Crippen molar-refractivity contribution in [3.63, 3.8) is 0 Å². The van der Waals surface area contributed by atoms with Crippen molar-refractivity contribution in [2.24, 2.45) is 0 Å². The van der Waals surface area contributed by atoms with Crippen LogP contribution in [0.15, 0.2) is 72.8 Å². The van der Waals surface area contributed by atoms with Crippen LogP contribution >= 0.6 is 0 Å². The van der Waals surface area contributed by atoms with Crippen LogP contribution in [0.1, 0.15) is 5.56 Å². The summed E-state index contributed by atoms with van der Waals surface area (Å²) in [7, 11) is 0. The lowest BCUT2D eigenvalue weighted by Crippen LogP contribution is -2.08. The van der Waals surface area contributed by atoms with Crippen LogP contribution in [-0.2, 0) is 4.79 Å². The third kappa shape index (κ3) is 6.15. The zero-order valence-corrected chi connectivity index (χ0v) is 13.2. The molecule has 3 rings (SSSR count). The molecule has 0 aliphatic heterocycles. The topological polar surface area (TPSA) is 99.5 Å². The van der Waals surface area contributed by atoms with E-state index in [2.05, 4.69) is 10.3 Å². The quantitative estimate of drug-likeness (QED) is 0.625. The summed E-state index contributed by atoms with van der Waals surface area (Å²) in [4.78, 5) is 24.6. The molecule has 126 valence electrons. The molecule has 0 saturated carbocycles. The van der Waals surface area contributed by atoms with Crippen LogP contribution in [0, 0.1) is 0 Å². The van der Waals surface area contributed by atoms with Crippen LogP contribution in [0.25, 0.3) is 17.0 Å². The Morgan fingerprint density at radius 3 is 2.24 bits per heavy atom. The Kier molecular flexibility index (Phi) is 6.24. The summed E-state index contributed by atoms with van der Waals surface area (Å²) in [6, 6.07) is 20.3. The maximum absolute atomic E-state index is 10.4. The van der Waals surface area contributed by atoms with E-state index in [0.29, 0.717) is 5.82 Å². The largest absolute Gasteiger partial charge is 0.478 e. The molecule has 0 bridgehead atoms. The van der Waals surface area contributed by atoms with E-state index in [1.165, 1.54) is 0 Å². The molecular weight excluding hydrogens is 320 g/mol. The number of carbonyl (C=O) groups is 2. The fraction of sp³-hybridized carbons (Fsp3) is 0. The Morgan fingerprint density at radius 1 is 0.880 bits per heavy atom. The average molecular weight is 336 g/mol. The standard InChI is InChI=1S/C10H8N2O2.C9H8O2/c13-10(14)12-9-6-5-7-3-1-2-4-8(7)11-9;10-9(11)7-6-8-4-2-1-3-5-8/h1-6H,(H,11,12)(H,13,14);1-7H,(H,10,11). The van der Waals surface area contributed by atoms with Gasteiger partial charge in [-0.15, -0.1) is 0 Å². The number of pyridine rings is 1. The fourth-order valence-corrected chi connectivity index (χ4v) is 1.98. The normalized spacial score (nSPS) is 10.1. The number of benzene rings is 2. The maximum Gasteiger partial charge on any atom is 0.410 e. The number of nitrogens with zero attached hydrogens (tertiary/aromatic N) is 1. The first-order valence-electron chi connectivity index (χ1n) is 7.36. The molecule has 0 radical (unpaired) electrons. The summed E-state index contributed by atoms with van der Waals surface area (Å²) in [5.41, 5.74) is 1.67. The second-order valence-electron chi connectivity index (χ2n) is 4.90. The van der Waals surface area contributed by atoms with Gasteiger partial charge in [-0.25, -0.2) is 14.6 Å². The number of hydrogen-bond acceptors (Lipinski definition) is 3. The lowest BCUT2D eigenvalue weighted by molar-refractivity contribution is -0.131. The predicted octanol–water partition coefficient (Wildman–Crippen LogP) is 4.11. The molecule has 1 aromatic heterocycles.